The second kappa shape index (κ2) is 5.82. The van der Waals surface area contributed by atoms with Gasteiger partial charge in [0.2, 0.25) is 0 Å². The number of allylic oxidation sites excluding steroid dienone is 4. The van der Waals surface area contributed by atoms with Crippen LogP contribution >= 0.6 is 0 Å². The number of rotatable bonds is 0. The third-order valence-electron chi connectivity index (χ3n) is 4.90. The Balaban J connectivity index is 1.70. The lowest BCUT2D eigenvalue weighted by atomic mass is 9.94. The molecular formula is C21H15F3N4. The van der Waals surface area contributed by atoms with Gasteiger partial charge in [-0.3, -0.25) is 4.99 Å². The highest BCUT2D eigenvalue weighted by Gasteiger charge is 2.55. The first-order valence-corrected chi connectivity index (χ1v) is 8.79. The average Bonchev–Trinajstić information content (AvgIpc) is 3.38. The van der Waals surface area contributed by atoms with Gasteiger partial charge in [-0.25, -0.2) is 4.99 Å². The summed E-state index contributed by atoms with van der Waals surface area (Å²) in [5, 5.41) is 1.74. The number of aliphatic imine (C=N–C) groups is 2. The van der Waals surface area contributed by atoms with E-state index in [1.54, 1.807) is 24.3 Å². The molecule has 8 bridgehead atoms. The number of aromatic amines is 2. The van der Waals surface area contributed by atoms with Crippen LogP contribution in [0.2, 0.25) is 0 Å². The Hall–Kier alpha value is -3.35. The summed E-state index contributed by atoms with van der Waals surface area (Å²) in [6.07, 6.45) is 6.64. The van der Waals surface area contributed by atoms with Crippen LogP contribution < -0.4 is 10.7 Å². The van der Waals surface area contributed by atoms with E-state index >= 15 is 0 Å². The molecule has 0 amide bonds. The Morgan fingerprint density at radius 3 is 2.50 bits per heavy atom. The first-order chi connectivity index (χ1) is 13.4. The summed E-state index contributed by atoms with van der Waals surface area (Å²) in [6.45, 7) is 0. The largest absolute Gasteiger partial charge is 0.417 e. The zero-order valence-corrected chi connectivity index (χ0v) is 14.6. The quantitative estimate of drug-likeness (QED) is 0.706. The molecule has 0 aliphatic carbocycles. The van der Waals surface area contributed by atoms with Gasteiger partial charge in [-0.15, -0.1) is 0 Å². The summed E-state index contributed by atoms with van der Waals surface area (Å²) in [4.78, 5) is 14.8. The normalized spacial score (nSPS) is 23.0. The third-order valence-corrected chi connectivity index (χ3v) is 4.90. The second-order valence-electron chi connectivity index (χ2n) is 7.00. The fourth-order valence-electron chi connectivity index (χ4n) is 3.53. The monoisotopic (exact) mass is 380 g/mol. The third kappa shape index (κ3) is 2.89. The Morgan fingerprint density at radius 2 is 1.68 bits per heavy atom. The van der Waals surface area contributed by atoms with Crippen molar-refractivity contribution in [2.24, 2.45) is 9.98 Å². The minimum absolute atomic E-state index is 0.259. The summed E-state index contributed by atoms with van der Waals surface area (Å²) < 4.78 is 41.8. The van der Waals surface area contributed by atoms with E-state index in [4.69, 9.17) is 0 Å². The Labute approximate surface area is 157 Å². The fraction of sp³-hybridized carbons (Fsp3) is 0.143. The molecule has 5 heterocycles. The lowest BCUT2D eigenvalue weighted by molar-refractivity contribution is -0.169. The van der Waals surface area contributed by atoms with E-state index < -0.39 is 11.7 Å². The van der Waals surface area contributed by atoms with Crippen molar-refractivity contribution in [1.29, 1.82) is 0 Å². The van der Waals surface area contributed by atoms with E-state index in [-0.39, 0.29) is 12.1 Å². The average molecular weight is 380 g/mol. The number of nitrogens with zero attached hydrogens (tertiary/aromatic N) is 2. The molecule has 0 aromatic carbocycles. The summed E-state index contributed by atoms with van der Waals surface area (Å²) in [7, 11) is 0. The van der Waals surface area contributed by atoms with Gasteiger partial charge in [-0.1, -0.05) is 0 Å². The van der Waals surface area contributed by atoms with E-state index in [9.17, 15) is 13.2 Å². The fourth-order valence-corrected chi connectivity index (χ4v) is 3.53. The number of H-pyrrole nitrogens is 2. The lowest BCUT2D eigenvalue weighted by Gasteiger charge is -2.26. The van der Waals surface area contributed by atoms with Crippen molar-refractivity contribution in [3.05, 3.63) is 82.4 Å². The SMILES string of the molecule is FC(F)(F)C12C=CC(=N1)C=C1C=CC(=N1)C=c1ccc([nH]1)=Cc1ccc([nH]1)C2. The molecule has 0 fully saturated rings. The van der Waals surface area contributed by atoms with Gasteiger partial charge in [0.25, 0.3) is 0 Å². The number of halogens is 3. The Morgan fingerprint density at radius 1 is 0.857 bits per heavy atom. The van der Waals surface area contributed by atoms with Crippen molar-refractivity contribution in [2.75, 3.05) is 0 Å². The topological polar surface area (TPSA) is 56.3 Å². The van der Waals surface area contributed by atoms with E-state index in [2.05, 4.69) is 20.0 Å². The highest BCUT2D eigenvalue weighted by molar-refractivity contribution is 6.19. The minimum atomic E-state index is -4.51. The Bertz CT molecular complexity index is 1230. The van der Waals surface area contributed by atoms with Crippen molar-refractivity contribution in [3.8, 4) is 0 Å². The molecule has 0 saturated heterocycles. The second-order valence-corrected chi connectivity index (χ2v) is 7.00. The number of fused-ring (bicyclic) bond motifs is 6. The van der Waals surface area contributed by atoms with Gasteiger partial charge in [-0.05, 0) is 66.8 Å². The molecule has 4 nitrogen and oxygen atoms in total. The van der Waals surface area contributed by atoms with Crippen LogP contribution in [-0.2, 0) is 6.42 Å². The number of alkyl halides is 3. The molecule has 5 rings (SSSR count). The Kier molecular flexibility index (Phi) is 3.49. The number of nitrogens with one attached hydrogen (secondary N) is 2. The van der Waals surface area contributed by atoms with Gasteiger partial charge in [0.1, 0.15) is 0 Å². The molecule has 28 heavy (non-hydrogen) atoms. The molecule has 3 aliphatic rings. The molecule has 1 atom stereocenters. The van der Waals surface area contributed by atoms with Crippen LogP contribution in [-0.4, -0.2) is 33.1 Å². The van der Waals surface area contributed by atoms with Crippen LogP contribution in [0.5, 0.6) is 0 Å². The van der Waals surface area contributed by atoms with E-state index in [1.807, 2.05) is 30.4 Å². The van der Waals surface area contributed by atoms with Crippen molar-refractivity contribution in [1.82, 2.24) is 9.97 Å². The zero-order valence-electron chi connectivity index (χ0n) is 14.6. The molecule has 2 aromatic rings. The number of hydrogen-bond donors (Lipinski definition) is 2. The number of hydrogen-bond acceptors (Lipinski definition) is 2. The summed E-state index contributed by atoms with van der Waals surface area (Å²) in [5.74, 6) is 0. The molecule has 1 unspecified atom stereocenters. The summed E-state index contributed by atoms with van der Waals surface area (Å²) in [6, 6.07) is 7.28. The molecule has 3 aliphatic heterocycles. The van der Waals surface area contributed by atoms with Gasteiger partial charge >= 0.3 is 6.18 Å². The van der Waals surface area contributed by atoms with Crippen LogP contribution in [0, 0.1) is 0 Å². The molecule has 7 heteroatoms. The zero-order chi connectivity index (χ0) is 19.4. The first-order valence-electron chi connectivity index (χ1n) is 8.79. The smallest absolute Gasteiger partial charge is 0.359 e. The standard InChI is InChI=1S/C21H15F3N4/c22-21(23,24)20-8-7-18(28-20)11-17-4-3-14(26-17)9-13-1-2-15(25-13)10-16-5-6-19(12-20)27-16/h1-11,25,27H,12H2. The van der Waals surface area contributed by atoms with Crippen LogP contribution in [0.3, 0.4) is 0 Å². The maximum atomic E-state index is 13.9. The highest BCUT2D eigenvalue weighted by atomic mass is 19.4. The molecule has 2 aromatic heterocycles. The van der Waals surface area contributed by atoms with E-state index in [0.29, 0.717) is 11.4 Å². The highest BCUT2D eigenvalue weighted by Crippen LogP contribution is 2.40. The molecule has 0 radical (unpaired) electrons. The lowest BCUT2D eigenvalue weighted by Crippen LogP contribution is -2.42. The molecule has 0 spiro atoms. The van der Waals surface area contributed by atoms with Crippen molar-refractivity contribution >= 4 is 23.6 Å². The van der Waals surface area contributed by atoms with Crippen LogP contribution in [0.1, 0.15) is 11.4 Å². The first kappa shape index (κ1) is 16.8. The molecular weight excluding hydrogens is 365 g/mol. The van der Waals surface area contributed by atoms with Crippen LogP contribution in [0.4, 0.5) is 13.2 Å². The van der Waals surface area contributed by atoms with E-state index in [0.717, 1.165) is 28.2 Å². The molecule has 0 saturated carbocycles. The predicted molar refractivity (Wildman–Crippen MR) is 103 cm³/mol. The minimum Gasteiger partial charge on any atom is -0.359 e. The summed E-state index contributed by atoms with van der Waals surface area (Å²) >= 11 is 0. The van der Waals surface area contributed by atoms with Gasteiger partial charge in [0, 0.05) is 28.5 Å². The summed E-state index contributed by atoms with van der Waals surface area (Å²) in [5.41, 5.74) is 0.462. The van der Waals surface area contributed by atoms with Crippen LogP contribution in [0.25, 0.3) is 12.2 Å². The maximum absolute atomic E-state index is 13.9. The van der Waals surface area contributed by atoms with Crippen molar-refractivity contribution in [3.63, 3.8) is 0 Å². The van der Waals surface area contributed by atoms with E-state index in [1.165, 1.54) is 6.08 Å². The van der Waals surface area contributed by atoms with Crippen molar-refractivity contribution in [2.45, 2.75) is 18.1 Å². The van der Waals surface area contributed by atoms with Gasteiger partial charge in [0.05, 0.1) is 17.1 Å². The van der Waals surface area contributed by atoms with Gasteiger partial charge in [0.15, 0.2) is 5.54 Å². The molecule has 140 valence electrons. The van der Waals surface area contributed by atoms with Crippen molar-refractivity contribution < 1.29 is 13.2 Å². The van der Waals surface area contributed by atoms with Crippen LogP contribution in [0.15, 0.2) is 70.3 Å². The molecule has 2 N–H and O–H groups in total. The maximum Gasteiger partial charge on any atom is 0.417 e. The number of aromatic nitrogens is 2. The van der Waals surface area contributed by atoms with Gasteiger partial charge < -0.3 is 9.97 Å². The predicted octanol–water partition coefficient (Wildman–Crippen LogP) is 2.71. The van der Waals surface area contributed by atoms with Gasteiger partial charge in [-0.2, -0.15) is 13.2 Å².